The van der Waals surface area contributed by atoms with E-state index >= 15 is 0 Å². The van der Waals surface area contributed by atoms with Crippen molar-refractivity contribution in [3.8, 4) is 11.1 Å². The van der Waals surface area contributed by atoms with Crippen LogP contribution in [0.25, 0.3) is 11.1 Å². The number of nitrogens with zero attached hydrogens (tertiary/aromatic N) is 2. The maximum atomic E-state index is 6.42. The van der Waals surface area contributed by atoms with Gasteiger partial charge in [0.15, 0.2) is 0 Å². The molecule has 0 aromatic heterocycles. The first-order chi connectivity index (χ1) is 11.2. The lowest BCUT2D eigenvalue weighted by Gasteiger charge is -2.11. The second-order valence-electron chi connectivity index (χ2n) is 5.11. The van der Waals surface area contributed by atoms with Gasteiger partial charge < -0.3 is 0 Å². The van der Waals surface area contributed by atoms with Crippen molar-refractivity contribution in [2.45, 2.75) is 6.92 Å². The third kappa shape index (κ3) is 3.44. The molecule has 0 saturated carbocycles. The van der Waals surface area contributed by atoms with Crippen molar-refractivity contribution in [3.05, 3.63) is 82.3 Å². The van der Waals surface area contributed by atoms with E-state index in [-0.39, 0.29) is 0 Å². The molecule has 0 unspecified atom stereocenters. The number of hydrogen-bond acceptors (Lipinski definition) is 2. The molecule has 0 fully saturated rings. The predicted octanol–water partition coefficient (Wildman–Crippen LogP) is 7.38. The Morgan fingerprint density at radius 3 is 2.22 bits per heavy atom. The second kappa shape index (κ2) is 6.95. The molecule has 0 N–H and O–H groups in total. The van der Waals surface area contributed by atoms with Gasteiger partial charge in [0.2, 0.25) is 0 Å². The third-order valence-electron chi connectivity index (χ3n) is 3.51. The Morgan fingerprint density at radius 2 is 1.43 bits per heavy atom. The first-order valence-corrected chi connectivity index (χ1v) is 7.93. The Labute approximate surface area is 145 Å². The van der Waals surface area contributed by atoms with Gasteiger partial charge in [-0.1, -0.05) is 65.7 Å². The Bertz CT molecular complexity index is 858. The summed E-state index contributed by atoms with van der Waals surface area (Å²) < 4.78 is 0. The zero-order chi connectivity index (χ0) is 16.2. The van der Waals surface area contributed by atoms with Gasteiger partial charge in [0, 0.05) is 11.1 Å². The van der Waals surface area contributed by atoms with Gasteiger partial charge in [-0.3, -0.25) is 0 Å². The number of hydrogen-bond donors (Lipinski definition) is 0. The van der Waals surface area contributed by atoms with Crippen LogP contribution >= 0.6 is 23.2 Å². The van der Waals surface area contributed by atoms with Gasteiger partial charge in [0.25, 0.3) is 0 Å². The molecular weight excluding hydrogens is 327 g/mol. The highest BCUT2D eigenvalue weighted by Crippen LogP contribution is 2.40. The van der Waals surface area contributed by atoms with Gasteiger partial charge >= 0.3 is 0 Å². The molecule has 114 valence electrons. The average Bonchev–Trinajstić information content (AvgIpc) is 2.59. The number of rotatable bonds is 3. The van der Waals surface area contributed by atoms with Crippen LogP contribution in [0.5, 0.6) is 0 Å². The standard InChI is InChI=1S/C19H14Cl2N2/c1-13-11-12-16(20)19(21)18(13)15-9-5-6-10-17(15)23-22-14-7-3-2-4-8-14/h2-12H,1H3. The Kier molecular flexibility index (Phi) is 4.75. The fourth-order valence-corrected chi connectivity index (χ4v) is 2.83. The lowest BCUT2D eigenvalue weighted by atomic mass is 9.99. The van der Waals surface area contributed by atoms with Crippen LogP contribution in [0.3, 0.4) is 0 Å². The molecule has 0 saturated heterocycles. The van der Waals surface area contributed by atoms with E-state index in [4.69, 9.17) is 23.2 Å². The lowest BCUT2D eigenvalue weighted by Crippen LogP contribution is -1.86. The molecule has 4 heteroatoms. The largest absolute Gasteiger partial charge is 0.151 e. The Hall–Kier alpha value is -2.16. The molecule has 0 bridgehead atoms. The van der Waals surface area contributed by atoms with Crippen molar-refractivity contribution in [2.24, 2.45) is 10.2 Å². The van der Waals surface area contributed by atoms with Gasteiger partial charge in [-0.15, -0.1) is 5.11 Å². The number of azo groups is 1. The van der Waals surface area contributed by atoms with Crippen molar-refractivity contribution in [3.63, 3.8) is 0 Å². The van der Waals surface area contributed by atoms with E-state index in [9.17, 15) is 0 Å². The summed E-state index contributed by atoms with van der Waals surface area (Å²) in [6.07, 6.45) is 0. The van der Waals surface area contributed by atoms with Gasteiger partial charge in [0.1, 0.15) is 0 Å². The first-order valence-electron chi connectivity index (χ1n) is 7.17. The van der Waals surface area contributed by atoms with E-state index in [0.29, 0.717) is 10.0 Å². The molecule has 3 rings (SSSR count). The average molecular weight is 341 g/mol. The van der Waals surface area contributed by atoms with E-state index in [1.807, 2.05) is 67.6 Å². The summed E-state index contributed by atoms with van der Waals surface area (Å²) in [6.45, 7) is 2.00. The quantitative estimate of drug-likeness (QED) is 0.444. The van der Waals surface area contributed by atoms with Gasteiger partial charge in [-0.2, -0.15) is 5.11 Å². The highest BCUT2D eigenvalue weighted by molar-refractivity contribution is 6.44. The molecule has 0 aliphatic heterocycles. The minimum atomic E-state index is 0.530. The zero-order valence-corrected chi connectivity index (χ0v) is 14.0. The minimum absolute atomic E-state index is 0.530. The number of aryl methyl sites for hydroxylation is 1. The highest BCUT2D eigenvalue weighted by Gasteiger charge is 2.13. The SMILES string of the molecule is Cc1ccc(Cl)c(Cl)c1-c1ccccc1N=Nc1ccccc1. The Balaban J connectivity index is 2.09. The van der Waals surface area contributed by atoms with Gasteiger partial charge in [-0.25, -0.2) is 0 Å². The molecule has 3 aromatic carbocycles. The monoisotopic (exact) mass is 340 g/mol. The fraction of sp³-hybridized carbons (Fsp3) is 0.0526. The van der Waals surface area contributed by atoms with Gasteiger partial charge in [-0.05, 0) is 36.8 Å². The third-order valence-corrected chi connectivity index (χ3v) is 4.31. The van der Waals surface area contributed by atoms with Crippen LogP contribution in [0.2, 0.25) is 10.0 Å². The smallest absolute Gasteiger partial charge is 0.0935 e. The molecular formula is C19H14Cl2N2. The molecule has 2 nitrogen and oxygen atoms in total. The molecule has 23 heavy (non-hydrogen) atoms. The minimum Gasteiger partial charge on any atom is -0.151 e. The van der Waals surface area contributed by atoms with Crippen molar-refractivity contribution in [1.29, 1.82) is 0 Å². The van der Waals surface area contributed by atoms with Crippen LogP contribution in [0.1, 0.15) is 5.56 Å². The van der Waals surface area contributed by atoms with Crippen LogP contribution in [-0.2, 0) is 0 Å². The van der Waals surface area contributed by atoms with Crippen molar-refractivity contribution in [2.75, 3.05) is 0 Å². The predicted molar refractivity (Wildman–Crippen MR) is 97.3 cm³/mol. The molecule has 3 aromatic rings. The van der Waals surface area contributed by atoms with Crippen LogP contribution in [0.15, 0.2) is 77.0 Å². The molecule has 0 spiro atoms. The van der Waals surface area contributed by atoms with Crippen LogP contribution < -0.4 is 0 Å². The molecule has 0 radical (unpaired) electrons. The number of halogens is 2. The molecule has 0 aliphatic carbocycles. The summed E-state index contributed by atoms with van der Waals surface area (Å²) in [5.74, 6) is 0. The topological polar surface area (TPSA) is 24.7 Å². The summed E-state index contributed by atoms with van der Waals surface area (Å²) in [6, 6.07) is 21.1. The normalized spacial score (nSPS) is 11.1. The van der Waals surface area contributed by atoms with Crippen molar-refractivity contribution >= 4 is 34.6 Å². The van der Waals surface area contributed by atoms with Crippen LogP contribution in [-0.4, -0.2) is 0 Å². The first kappa shape index (κ1) is 15.7. The lowest BCUT2D eigenvalue weighted by molar-refractivity contribution is 1.23. The van der Waals surface area contributed by atoms with Crippen LogP contribution in [0.4, 0.5) is 11.4 Å². The molecule has 0 aliphatic rings. The maximum Gasteiger partial charge on any atom is 0.0935 e. The van der Waals surface area contributed by atoms with E-state index in [0.717, 1.165) is 28.1 Å². The summed E-state index contributed by atoms with van der Waals surface area (Å²) in [5, 5.41) is 9.75. The summed E-state index contributed by atoms with van der Waals surface area (Å²) in [5.41, 5.74) is 4.40. The Morgan fingerprint density at radius 1 is 0.739 bits per heavy atom. The van der Waals surface area contributed by atoms with Crippen molar-refractivity contribution in [1.82, 2.24) is 0 Å². The zero-order valence-electron chi connectivity index (χ0n) is 12.5. The highest BCUT2D eigenvalue weighted by atomic mass is 35.5. The molecule has 0 amide bonds. The van der Waals surface area contributed by atoms with E-state index < -0.39 is 0 Å². The molecule has 0 heterocycles. The summed E-state index contributed by atoms with van der Waals surface area (Å²) in [7, 11) is 0. The number of benzene rings is 3. The molecule has 0 atom stereocenters. The summed E-state index contributed by atoms with van der Waals surface area (Å²) >= 11 is 12.6. The van der Waals surface area contributed by atoms with Crippen molar-refractivity contribution < 1.29 is 0 Å². The van der Waals surface area contributed by atoms with Crippen LogP contribution in [0, 0.1) is 6.92 Å². The van der Waals surface area contributed by atoms with E-state index in [1.165, 1.54) is 0 Å². The second-order valence-corrected chi connectivity index (χ2v) is 5.89. The van der Waals surface area contributed by atoms with E-state index in [1.54, 1.807) is 6.07 Å². The summed E-state index contributed by atoms with van der Waals surface area (Å²) in [4.78, 5) is 0. The van der Waals surface area contributed by atoms with E-state index in [2.05, 4.69) is 10.2 Å². The maximum absolute atomic E-state index is 6.42. The van der Waals surface area contributed by atoms with Gasteiger partial charge in [0.05, 0.1) is 21.4 Å². The fourth-order valence-electron chi connectivity index (χ4n) is 2.36.